The van der Waals surface area contributed by atoms with Crippen molar-refractivity contribution in [2.75, 3.05) is 0 Å². The van der Waals surface area contributed by atoms with Crippen LogP contribution in [0.15, 0.2) is 223 Å². The molecule has 64 heavy (non-hydrogen) atoms. The Hall–Kier alpha value is -8.54. The van der Waals surface area contributed by atoms with Gasteiger partial charge >= 0.3 is 0 Å². The number of allylic oxidation sites excluding steroid dienone is 5. The molecule has 302 valence electrons. The molecule has 0 atom stereocenters. The third kappa shape index (κ3) is 6.01. The first kappa shape index (κ1) is 37.2. The van der Waals surface area contributed by atoms with Crippen molar-refractivity contribution in [1.82, 2.24) is 19.1 Å². The number of rotatable bonds is 8. The zero-order valence-corrected chi connectivity index (χ0v) is 35.1. The molecule has 5 nitrogen and oxygen atoms in total. The Morgan fingerprint density at radius 3 is 1.67 bits per heavy atom. The molecule has 0 aliphatic heterocycles. The molecule has 4 aromatic heterocycles. The summed E-state index contributed by atoms with van der Waals surface area (Å²) in [5.41, 5.74) is 15.5. The highest BCUT2D eigenvalue weighted by molar-refractivity contribution is 6.15. The number of para-hydroxylation sites is 2. The largest absolute Gasteiger partial charge is 0.438 e. The van der Waals surface area contributed by atoms with Gasteiger partial charge in [-0.2, -0.15) is 4.98 Å². The zero-order chi connectivity index (χ0) is 42.7. The summed E-state index contributed by atoms with van der Waals surface area (Å²) in [5, 5.41) is 6.67. The summed E-state index contributed by atoms with van der Waals surface area (Å²) >= 11 is 0. The van der Waals surface area contributed by atoms with Crippen molar-refractivity contribution in [2.24, 2.45) is 0 Å². The van der Waals surface area contributed by atoms with Crippen molar-refractivity contribution in [3.63, 3.8) is 0 Å². The summed E-state index contributed by atoms with van der Waals surface area (Å²) in [6.07, 6.45) is 8.16. The first-order chi connectivity index (χ1) is 31.6. The normalized spacial score (nSPS) is 12.2. The summed E-state index contributed by atoms with van der Waals surface area (Å²) in [6.45, 7) is 6.13. The van der Waals surface area contributed by atoms with Crippen LogP contribution in [0.4, 0.5) is 0 Å². The van der Waals surface area contributed by atoms with Crippen LogP contribution >= 0.6 is 0 Å². The van der Waals surface area contributed by atoms with Crippen molar-refractivity contribution in [3.8, 4) is 50.6 Å². The molecule has 4 heterocycles. The van der Waals surface area contributed by atoms with Gasteiger partial charge in [-0.05, 0) is 108 Å². The highest BCUT2D eigenvalue weighted by Crippen LogP contribution is 2.42. The van der Waals surface area contributed by atoms with E-state index in [1.54, 1.807) is 0 Å². The second kappa shape index (κ2) is 15.1. The molecule has 0 aliphatic carbocycles. The van der Waals surface area contributed by atoms with E-state index in [4.69, 9.17) is 14.4 Å². The van der Waals surface area contributed by atoms with E-state index in [0.29, 0.717) is 11.5 Å². The summed E-state index contributed by atoms with van der Waals surface area (Å²) < 4.78 is 11.2. The van der Waals surface area contributed by atoms with Crippen molar-refractivity contribution in [3.05, 3.63) is 219 Å². The number of nitrogens with zero attached hydrogens (tertiary/aromatic N) is 4. The second-order valence-corrected chi connectivity index (χ2v) is 16.2. The second-order valence-electron chi connectivity index (χ2n) is 16.2. The summed E-state index contributed by atoms with van der Waals surface area (Å²) in [4.78, 5) is 10.2. The van der Waals surface area contributed by atoms with E-state index in [9.17, 15) is 0 Å². The molecule has 0 amide bonds. The molecule has 0 fully saturated rings. The first-order valence-electron chi connectivity index (χ1n) is 21.6. The van der Waals surface area contributed by atoms with Crippen LogP contribution in [0.2, 0.25) is 0 Å². The third-order valence-electron chi connectivity index (χ3n) is 12.4. The Balaban J connectivity index is 1.05. The first-order valence-corrected chi connectivity index (χ1v) is 21.6. The van der Waals surface area contributed by atoms with Crippen molar-refractivity contribution >= 4 is 71.4 Å². The van der Waals surface area contributed by atoms with Gasteiger partial charge in [0.2, 0.25) is 5.71 Å². The highest BCUT2D eigenvalue weighted by atomic mass is 16.3. The van der Waals surface area contributed by atoms with Crippen LogP contribution in [0, 0.1) is 0 Å². The Morgan fingerprint density at radius 2 is 1.03 bits per heavy atom. The standard InChI is InChI=1S/C59H40N4O/c1-3-16-44(17-4-2)62-53-31-27-41(40-26-30-52-47(34-40)46-24-14-15-25-51(46)63(52)45-22-12-7-13-23-45)35-48(53)49-36-42(28-32-54(49)62)43-29-33-55-50(37-43)56-57(38-18-8-5-9-19-38)60-58(61-59(56)64-55)39-20-10-6-11-21-39/h3-37H,1H2,2H3/b17-4-,44-16+. The smallest absolute Gasteiger partial charge is 0.231 e. The van der Waals surface area contributed by atoms with Crippen LogP contribution in [-0.4, -0.2) is 19.1 Å². The summed E-state index contributed by atoms with van der Waals surface area (Å²) in [7, 11) is 0. The number of aromatic nitrogens is 4. The lowest BCUT2D eigenvalue weighted by atomic mass is 9.98. The maximum atomic E-state index is 6.52. The topological polar surface area (TPSA) is 48.8 Å². The number of furan rings is 1. The van der Waals surface area contributed by atoms with E-state index in [1.807, 2.05) is 54.6 Å². The van der Waals surface area contributed by atoms with Gasteiger partial charge in [-0.15, -0.1) is 0 Å². The van der Waals surface area contributed by atoms with Gasteiger partial charge < -0.3 is 13.6 Å². The Bertz CT molecular complexity index is 3850. The molecular weight excluding hydrogens is 781 g/mol. The van der Waals surface area contributed by atoms with Gasteiger partial charge in [-0.25, -0.2) is 4.98 Å². The van der Waals surface area contributed by atoms with Crippen LogP contribution in [0.5, 0.6) is 0 Å². The van der Waals surface area contributed by atoms with Crippen molar-refractivity contribution in [2.45, 2.75) is 6.92 Å². The van der Waals surface area contributed by atoms with Crippen LogP contribution in [0.1, 0.15) is 6.92 Å². The zero-order valence-electron chi connectivity index (χ0n) is 35.1. The molecule has 5 heteroatoms. The minimum Gasteiger partial charge on any atom is -0.438 e. The fourth-order valence-corrected chi connectivity index (χ4v) is 9.54. The van der Waals surface area contributed by atoms with Gasteiger partial charge in [0.05, 0.1) is 33.1 Å². The van der Waals surface area contributed by atoms with Crippen LogP contribution in [0.25, 0.3) is 122 Å². The number of hydrogen-bond acceptors (Lipinski definition) is 3. The van der Waals surface area contributed by atoms with E-state index in [1.165, 1.54) is 32.8 Å². The molecule has 0 bridgehead atoms. The average Bonchev–Trinajstić information content (AvgIpc) is 4.01. The Kier molecular flexibility index (Phi) is 8.80. The van der Waals surface area contributed by atoms with Crippen molar-refractivity contribution < 1.29 is 4.42 Å². The molecule has 0 radical (unpaired) electrons. The number of hydrogen-bond donors (Lipinski definition) is 0. The Labute approximate surface area is 369 Å². The highest BCUT2D eigenvalue weighted by Gasteiger charge is 2.21. The van der Waals surface area contributed by atoms with E-state index in [2.05, 4.69) is 180 Å². The molecule has 0 aliphatic rings. The van der Waals surface area contributed by atoms with E-state index < -0.39 is 0 Å². The lowest BCUT2D eigenvalue weighted by Gasteiger charge is -2.10. The molecule has 0 unspecified atom stereocenters. The number of benzene rings is 8. The molecular formula is C59H40N4O. The molecule has 0 saturated carbocycles. The summed E-state index contributed by atoms with van der Waals surface area (Å²) in [6, 6.07) is 66.7. The fourth-order valence-electron chi connectivity index (χ4n) is 9.54. The molecule has 0 saturated heterocycles. The maximum Gasteiger partial charge on any atom is 0.231 e. The Morgan fingerprint density at radius 1 is 0.500 bits per heavy atom. The molecule has 12 rings (SSSR count). The van der Waals surface area contributed by atoms with Gasteiger partial charge in [0.15, 0.2) is 5.82 Å². The maximum absolute atomic E-state index is 6.52. The predicted molar refractivity (Wildman–Crippen MR) is 268 cm³/mol. The van der Waals surface area contributed by atoms with Gasteiger partial charge in [-0.3, -0.25) is 0 Å². The molecule has 0 N–H and O–H groups in total. The minimum atomic E-state index is 0.569. The lowest BCUT2D eigenvalue weighted by Crippen LogP contribution is -1.94. The van der Waals surface area contributed by atoms with E-state index in [-0.39, 0.29) is 0 Å². The molecule has 8 aromatic carbocycles. The quantitative estimate of drug-likeness (QED) is 0.143. The van der Waals surface area contributed by atoms with Gasteiger partial charge in [0.1, 0.15) is 5.58 Å². The molecule has 12 aromatic rings. The fraction of sp³-hybridized carbons (Fsp3) is 0.0169. The summed E-state index contributed by atoms with van der Waals surface area (Å²) in [5.74, 6) is 0.633. The minimum absolute atomic E-state index is 0.569. The van der Waals surface area contributed by atoms with Crippen LogP contribution in [0.3, 0.4) is 0 Å². The van der Waals surface area contributed by atoms with Gasteiger partial charge in [0.25, 0.3) is 0 Å². The third-order valence-corrected chi connectivity index (χ3v) is 12.4. The van der Waals surface area contributed by atoms with Crippen molar-refractivity contribution in [1.29, 1.82) is 0 Å². The number of fused-ring (bicyclic) bond motifs is 9. The van der Waals surface area contributed by atoms with E-state index >= 15 is 0 Å². The molecule has 0 spiro atoms. The monoisotopic (exact) mass is 820 g/mol. The van der Waals surface area contributed by atoms with Gasteiger partial charge in [-0.1, -0.05) is 140 Å². The lowest BCUT2D eigenvalue weighted by molar-refractivity contribution is 0.653. The predicted octanol–water partition coefficient (Wildman–Crippen LogP) is 15.9. The van der Waals surface area contributed by atoms with Crippen LogP contribution < -0.4 is 0 Å². The SMILES string of the molecule is C=C/C=C(\C=C/C)n1c2ccc(-c3ccc4oc5nc(-c6ccccc6)nc(-c6ccccc6)c5c4c3)cc2c2cc(-c3ccc4c(c3)c3ccccc3n4-c3ccccc3)ccc21. The van der Waals surface area contributed by atoms with E-state index in [0.717, 1.165) is 77.7 Å². The van der Waals surface area contributed by atoms with Crippen LogP contribution in [-0.2, 0) is 0 Å². The van der Waals surface area contributed by atoms with Gasteiger partial charge in [0, 0.05) is 49.4 Å². The average molecular weight is 821 g/mol.